The van der Waals surface area contributed by atoms with Crippen LogP contribution >= 0.6 is 0 Å². The fourth-order valence-corrected chi connectivity index (χ4v) is 2.30. The smallest absolute Gasteiger partial charge is 0.165 e. The molecule has 0 radical (unpaired) electrons. The Morgan fingerprint density at radius 2 is 1.85 bits per heavy atom. The van der Waals surface area contributed by atoms with Gasteiger partial charge in [-0.1, -0.05) is 23.8 Å². The largest absolute Gasteiger partial charge is 0.494 e. The fraction of sp³-hybridized carbons (Fsp3) is 0.294. The van der Waals surface area contributed by atoms with Gasteiger partial charge in [-0.2, -0.15) is 0 Å². The van der Waals surface area contributed by atoms with E-state index in [1.54, 1.807) is 12.1 Å². The quantitative estimate of drug-likeness (QED) is 0.877. The van der Waals surface area contributed by atoms with Crippen molar-refractivity contribution in [2.75, 3.05) is 12.4 Å². The maximum atomic E-state index is 13.4. The number of halogens is 1. The molecule has 0 aromatic heterocycles. The van der Waals surface area contributed by atoms with Gasteiger partial charge in [0.15, 0.2) is 11.6 Å². The Labute approximate surface area is 119 Å². The van der Waals surface area contributed by atoms with Crippen LogP contribution in [-0.2, 0) is 0 Å². The molecule has 1 unspecified atom stereocenters. The summed E-state index contributed by atoms with van der Waals surface area (Å²) in [5, 5.41) is 3.38. The fourth-order valence-electron chi connectivity index (χ4n) is 2.30. The van der Waals surface area contributed by atoms with Crippen molar-refractivity contribution >= 4 is 5.69 Å². The number of nitrogens with one attached hydrogen (secondary N) is 1. The molecule has 2 aromatic carbocycles. The maximum Gasteiger partial charge on any atom is 0.165 e. The molecule has 0 aliphatic carbocycles. The van der Waals surface area contributed by atoms with E-state index in [9.17, 15) is 4.39 Å². The van der Waals surface area contributed by atoms with Crippen molar-refractivity contribution in [1.82, 2.24) is 0 Å². The molecule has 0 aliphatic rings. The Hall–Kier alpha value is -2.03. The first-order valence-corrected chi connectivity index (χ1v) is 6.68. The Balaban J connectivity index is 2.23. The van der Waals surface area contributed by atoms with Crippen LogP contribution in [0.1, 0.15) is 29.7 Å². The van der Waals surface area contributed by atoms with E-state index in [0.29, 0.717) is 0 Å². The molecule has 2 rings (SSSR count). The Morgan fingerprint density at radius 1 is 1.10 bits per heavy atom. The predicted octanol–water partition coefficient (Wildman–Crippen LogP) is 4.62. The molecule has 0 saturated heterocycles. The average molecular weight is 273 g/mol. The second-order valence-electron chi connectivity index (χ2n) is 5.08. The molecule has 2 nitrogen and oxygen atoms in total. The number of hydrogen-bond donors (Lipinski definition) is 1. The first-order valence-electron chi connectivity index (χ1n) is 6.68. The number of hydrogen-bond acceptors (Lipinski definition) is 2. The van der Waals surface area contributed by atoms with Gasteiger partial charge in [-0.25, -0.2) is 4.39 Å². The monoisotopic (exact) mass is 273 g/mol. The molecule has 0 spiro atoms. The summed E-state index contributed by atoms with van der Waals surface area (Å²) in [5.41, 5.74) is 4.56. The van der Waals surface area contributed by atoms with Gasteiger partial charge in [0.25, 0.3) is 0 Å². The van der Waals surface area contributed by atoms with Crippen molar-refractivity contribution in [3.05, 3.63) is 58.9 Å². The van der Waals surface area contributed by atoms with Crippen LogP contribution in [0, 0.1) is 19.7 Å². The van der Waals surface area contributed by atoms with Gasteiger partial charge in [0.05, 0.1) is 7.11 Å². The van der Waals surface area contributed by atoms with E-state index in [4.69, 9.17) is 4.74 Å². The van der Waals surface area contributed by atoms with E-state index in [1.165, 1.54) is 29.9 Å². The molecule has 0 fully saturated rings. The summed E-state index contributed by atoms with van der Waals surface area (Å²) in [6, 6.07) is 11.4. The second-order valence-corrected chi connectivity index (χ2v) is 5.08. The Morgan fingerprint density at radius 3 is 2.55 bits per heavy atom. The first kappa shape index (κ1) is 14.4. The normalized spacial score (nSPS) is 12.1. The molecular formula is C17H20FNO. The van der Waals surface area contributed by atoms with Crippen LogP contribution in [0.3, 0.4) is 0 Å². The summed E-state index contributed by atoms with van der Waals surface area (Å²) in [6.07, 6.45) is 0. The van der Waals surface area contributed by atoms with Crippen molar-refractivity contribution in [3.63, 3.8) is 0 Å². The Kier molecular flexibility index (Phi) is 4.28. The van der Waals surface area contributed by atoms with Gasteiger partial charge < -0.3 is 10.1 Å². The summed E-state index contributed by atoms with van der Waals surface area (Å²) < 4.78 is 18.4. The summed E-state index contributed by atoms with van der Waals surface area (Å²) in [4.78, 5) is 0. The number of ether oxygens (including phenoxy) is 1. The third-order valence-electron chi connectivity index (χ3n) is 3.44. The first-order chi connectivity index (χ1) is 9.51. The van der Waals surface area contributed by atoms with Crippen molar-refractivity contribution < 1.29 is 9.13 Å². The van der Waals surface area contributed by atoms with Gasteiger partial charge in [-0.15, -0.1) is 0 Å². The van der Waals surface area contributed by atoms with Crippen LogP contribution in [0.5, 0.6) is 5.75 Å². The van der Waals surface area contributed by atoms with Gasteiger partial charge >= 0.3 is 0 Å². The minimum atomic E-state index is -0.350. The average Bonchev–Trinajstić information content (AvgIpc) is 2.43. The zero-order valence-electron chi connectivity index (χ0n) is 12.3. The highest BCUT2D eigenvalue weighted by molar-refractivity contribution is 5.51. The lowest BCUT2D eigenvalue weighted by molar-refractivity contribution is 0.387. The highest BCUT2D eigenvalue weighted by atomic mass is 19.1. The summed E-state index contributed by atoms with van der Waals surface area (Å²) in [7, 11) is 1.47. The number of rotatable bonds is 4. The maximum absolute atomic E-state index is 13.4. The Bertz CT molecular complexity index is 610. The van der Waals surface area contributed by atoms with E-state index in [1.807, 2.05) is 0 Å². The van der Waals surface area contributed by atoms with E-state index in [-0.39, 0.29) is 17.6 Å². The van der Waals surface area contributed by atoms with Gasteiger partial charge in [-0.3, -0.25) is 0 Å². The van der Waals surface area contributed by atoms with Crippen molar-refractivity contribution in [3.8, 4) is 5.75 Å². The molecule has 20 heavy (non-hydrogen) atoms. The van der Waals surface area contributed by atoms with E-state index < -0.39 is 0 Å². The zero-order chi connectivity index (χ0) is 14.7. The summed E-state index contributed by atoms with van der Waals surface area (Å²) in [5.74, 6) is -0.0967. The summed E-state index contributed by atoms with van der Waals surface area (Å²) in [6.45, 7) is 6.27. The highest BCUT2D eigenvalue weighted by Gasteiger charge is 2.10. The molecule has 0 aliphatic heterocycles. The lowest BCUT2D eigenvalue weighted by Crippen LogP contribution is -2.08. The summed E-state index contributed by atoms with van der Waals surface area (Å²) >= 11 is 0. The van der Waals surface area contributed by atoms with Crippen molar-refractivity contribution in [2.45, 2.75) is 26.8 Å². The molecule has 0 heterocycles. The van der Waals surface area contributed by atoms with Crippen LogP contribution in [0.2, 0.25) is 0 Å². The van der Waals surface area contributed by atoms with Crippen LogP contribution in [-0.4, -0.2) is 7.11 Å². The van der Waals surface area contributed by atoms with Crippen LogP contribution in [0.4, 0.5) is 10.1 Å². The van der Waals surface area contributed by atoms with Crippen molar-refractivity contribution in [2.24, 2.45) is 0 Å². The topological polar surface area (TPSA) is 21.3 Å². The second kappa shape index (κ2) is 5.95. The minimum absolute atomic E-state index is 0.144. The molecular weight excluding hydrogens is 253 g/mol. The number of methoxy groups -OCH3 is 1. The third-order valence-corrected chi connectivity index (χ3v) is 3.44. The molecule has 3 heteroatoms. The van der Waals surface area contributed by atoms with Crippen molar-refractivity contribution in [1.29, 1.82) is 0 Å². The minimum Gasteiger partial charge on any atom is -0.494 e. The molecule has 1 N–H and O–H groups in total. The lowest BCUT2D eigenvalue weighted by Gasteiger charge is -2.19. The van der Waals surface area contributed by atoms with Gasteiger partial charge in [0.2, 0.25) is 0 Å². The molecule has 0 saturated carbocycles. The van der Waals surface area contributed by atoms with Crippen LogP contribution in [0.25, 0.3) is 0 Å². The van der Waals surface area contributed by atoms with E-state index >= 15 is 0 Å². The van der Waals surface area contributed by atoms with Crippen LogP contribution < -0.4 is 10.1 Å². The molecule has 106 valence electrons. The molecule has 0 bridgehead atoms. The molecule has 0 amide bonds. The van der Waals surface area contributed by atoms with Gasteiger partial charge in [-0.05, 0) is 44.0 Å². The standard InChI is InChI=1S/C17H20FNO/c1-11-5-6-12(2)15(9-11)13(3)19-14-7-8-16(18)17(10-14)20-4/h5-10,13,19H,1-4H3. The zero-order valence-corrected chi connectivity index (χ0v) is 12.3. The number of benzene rings is 2. The molecule has 2 aromatic rings. The number of aryl methyl sites for hydroxylation is 2. The van der Waals surface area contributed by atoms with Gasteiger partial charge in [0.1, 0.15) is 0 Å². The predicted molar refractivity (Wildman–Crippen MR) is 80.9 cm³/mol. The number of anilines is 1. The van der Waals surface area contributed by atoms with Crippen LogP contribution in [0.15, 0.2) is 36.4 Å². The van der Waals surface area contributed by atoms with E-state index in [0.717, 1.165) is 5.69 Å². The third kappa shape index (κ3) is 3.10. The molecule has 1 atom stereocenters. The van der Waals surface area contributed by atoms with Gasteiger partial charge in [0, 0.05) is 17.8 Å². The van der Waals surface area contributed by atoms with E-state index in [2.05, 4.69) is 44.3 Å². The lowest BCUT2D eigenvalue weighted by atomic mass is 10.00. The SMILES string of the molecule is COc1cc(NC(C)c2cc(C)ccc2C)ccc1F. The highest BCUT2D eigenvalue weighted by Crippen LogP contribution is 2.26.